The Morgan fingerprint density at radius 2 is 2.05 bits per heavy atom. The highest BCUT2D eigenvalue weighted by atomic mass is 16.4. The number of carbonyl (C=O) groups excluding carboxylic acids is 1. The summed E-state index contributed by atoms with van der Waals surface area (Å²) in [5.74, 6) is 0.153. The van der Waals surface area contributed by atoms with Gasteiger partial charge in [0.1, 0.15) is 0 Å². The minimum absolute atomic E-state index is 0.0679. The van der Waals surface area contributed by atoms with Gasteiger partial charge in [-0.2, -0.15) is 0 Å². The smallest absolute Gasteiger partial charge is 0.407 e. The van der Waals surface area contributed by atoms with E-state index in [9.17, 15) is 14.7 Å². The maximum atomic E-state index is 12.7. The van der Waals surface area contributed by atoms with Crippen molar-refractivity contribution in [3.63, 3.8) is 0 Å². The number of hydrogen-bond acceptors (Lipinski definition) is 2. The van der Waals surface area contributed by atoms with E-state index in [-0.39, 0.29) is 11.8 Å². The number of likely N-dealkylation sites (N-methyl/N-ethyl adjacent to an activating group) is 1. The predicted molar refractivity (Wildman–Crippen MR) is 78.1 cm³/mol. The van der Waals surface area contributed by atoms with Crippen LogP contribution in [0.2, 0.25) is 0 Å². The minimum atomic E-state index is -0.928. The molecule has 2 amide bonds. The Morgan fingerprint density at radius 3 is 2.71 bits per heavy atom. The molecule has 2 unspecified atom stereocenters. The molecule has 2 atom stereocenters. The SMILES string of the molecule is CN1CC(c2ccccc2)C2(CCCN(C(=O)O)C2)C1=O. The Bertz CT molecular complexity index is 560. The van der Waals surface area contributed by atoms with Crippen molar-refractivity contribution in [2.24, 2.45) is 5.41 Å². The second-order valence-electron chi connectivity index (χ2n) is 6.11. The van der Waals surface area contributed by atoms with E-state index in [1.165, 1.54) is 4.90 Å². The number of hydrogen-bond donors (Lipinski definition) is 1. The van der Waals surface area contributed by atoms with Crippen molar-refractivity contribution >= 4 is 12.0 Å². The van der Waals surface area contributed by atoms with E-state index in [4.69, 9.17) is 0 Å². The molecule has 5 heteroatoms. The van der Waals surface area contributed by atoms with Gasteiger partial charge in [-0.25, -0.2) is 4.79 Å². The van der Waals surface area contributed by atoms with Gasteiger partial charge in [-0.15, -0.1) is 0 Å². The van der Waals surface area contributed by atoms with Crippen LogP contribution in [0.5, 0.6) is 0 Å². The van der Waals surface area contributed by atoms with Gasteiger partial charge in [0.25, 0.3) is 0 Å². The van der Waals surface area contributed by atoms with Crippen LogP contribution in [-0.2, 0) is 4.79 Å². The zero-order valence-electron chi connectivity index (χ0n) is 12.2. The van der Waals surface area contributed by atoms with Crippen LogP contribution >= 0.6 is 0 Å². The van der Waals surface area contributed by atoms with Crippen LogP contribution in [0, 0.1) is 5.41 Å². The molecule has 112 valence electrons. The molecule has 2 heterocycles. The topological polar surface area (TPSA) is 60.9 Å². The zero-order chi connectivity index (χ0) is 15.0. The Labute approximate surface area is 124 Å². The van der Waals surface area contributed by atoms with Gasteiger partial charge in [-0.1, -0.05) is 30.3 Å². The summed E-state index contributed by atoms with van der Waals surface area (Å²) in [6, 6.07) is 9.99. The number of amides is 2. The van der Waals surface area contributed by atoms with Gasteiger partial charge in [-0.3, -0.25) is 4.79 Å². The largest absolute Gasteiger partial charge is 0.465 e. The van der Waals surface area contributed by atoms with Crippen molar-refractivity contribution in [3.8, 4) is 0 Å². The lowest BCUT2D eigenvalue weighted by Gasteiger charge is -2.41. The summed E-state index contributed by atoms with van der Waals surface area (Å²) in [5.41, 5.74) is 0.537. The lowest BCUT2D eigenvalue weighted by atomic mass is 9.69. The standard InChI is InChI=1S/C16H20N2O3/c1-17-10-13(12-6-3-2-4-7-12)16(14(17)19)8-5-9-18(11-16)15(20)21/h2-4,6-7,13H,5,8-11H2,1H3,(H,20,21). The van der Waals surface area contributed by atoms with Crippen LogP contribution in [0.1, 0.15) is 24.3 Å². The summed E-state index contributed by atoms with van der Waals surface area (Å²) in [5, 5.41) is 9.29. The van der Waals surface area contributed by atoms with Crippen LogP contribution in [0.25, 0.3) is 0 Å². The summed E-state index contributed by atoms with van der Waals surface area (Å²) in [4.78, 5) is 27.2. The fraction of sp³-hybridized carbons (Fsp3) is 0.500. The molecular weight excluding hydrogens is 268 g/mol. The molecular formula is C16H20N2O3. The second-order valence-corrected chi connectivity index (χ2v) is 6.11. The maximum Gasteiger partial charge on any atom is 0.407 e. The molecule has 2 fully saturated rings. The van der Waals surface area contributed by atoms with Crippen LogP contribution in [0.4, 0.5) is 4.79 Å². The average Bonchev–Trinajstić information content (AvgIpc) is 2.73. The lowest BCUT2D eigenvalue weighted by molar-refractivity contribution is -0.137. The monoisotopic (exact) mass is 288 g/mol. The van der Waals surface area contributed by atoms with Gasteiger partial charge < -0.3 is 14.9 Å². The first-order valence-electron chi connectivity index (χ1n) is 7.33. The maximum absolute atomic E-state index is 12.7. The number of rotatable bonds is 1. The number of benzene rings is 1. The zero-order valence-corrected chi connectivity index (χ0v) is 12.2. The molecule has 3 rings (SSSR count). The molecule has 0 bridgehead atoms. The van der Waals surface area contributed by atoms with Gasteiger partial charge in [0.2, 0.25) is 5.91 Å². The summed E-state index contributed by atoms with van der Waals surface area (Å²) < 4.78 is 0. The normalized spacial score (nSPS) is 29.2. The molecule has 2 aliphatic rings. The molecule has 1 spiro atoms. The van der Waals surface area contributed by atoms with Crippen molar-refractivity contribution in [3.05, 3.63) is 35.9 Å². The Kier molecular flexibility index (Phi) is 3.35. The molecule has 0 saturated carbocycles. The summed E-state index contributed by atoms with van der Waals surface area (Å²) in [6.45, 7) is 1.50. The predicted octanol–water partition coefficient (Wildman–Crippen LogP) is 2.00. The van der Waals surface area contributed by atoms with Crippen molar-refractivity contribution in [2.75, 3.05) is 26.7 Å². The number of carboxylic acid groups (broad SMARTS) is 1. The van der Waals surface area contributed by atoms with E-state index in [0.29, 0.717) is 19.6 Å². The Morgan fingerprint density at radius 1 is 1.33 bits per heavy atom. The van der Waals surface area contributed by atoms with Crippen LogP contribution in [-0.4, -0.2) is 53.6 Å². The van der Waals surface area contributed by atoms with Crippen molar-refractivity contribution in [1.82, 2.24) is 9.80 Å². The molecule has 1 aromatic carbocycles. The van der Waals surface area contributed by atoms with Crippen LogP contribution in [0.15, 0.2) is 30.3 Å². The molecule has 0 aromatic heterocycles. The van der Waals surface area contributed by atoms with Crippen molar-refractivity contribution in [1.29, 1.82) is 0 Å². The second kappa shape index (κ2) is 5.06. The molecule has 1 aromatic rings. The molecule has 5 nitrogen and oxygen atoms in total. The van der Waals surface area contributed by atoms with Gasteiger partial charge in [0.15, 0.2) is 0 Å². The minimum Gasteiger partial charge on any atom is -0.465 e. The van der Waals surface area contributed by atoms with Gasteiger partial charge in [0, 0.05) is 32.6 Å². The molecule has 1 N–H and O–H groups in total. The summed E-state index contributed by atoms with van der Waals surface area (Å²) >= 11 is 0. The van der Waals surface area contributed by atoms with E-state index in [1.807, 2.05) is 37.4 Å². The highest BCUT2D eigenvalue weighted by molar-refractivity contribution is 5.87. The van der Waals surface area contributed by atoms with E-state index in [1.54, 1.807) is 4.90 Å². The van der Waals surface area contributed by atoms with Gasteiger partial charge in [0.05, 0.1) is 5.41 Å². The summed E-state index contributed by atoms with van der Waals surface area (Å²) in [6.07, 6.45) is 0.581. The summed E-state index contributed by atoms with van der Waals surface area (Å²) in [7, 11) is 1.81. The third kappa shape index (κ3) is 2.17. The first-order valence-corrected chi connectivity index (χ1v) is 7.33. The molecule has 0 aliphatic carbocycles. The first kappa shape index (κ1) is 13.9. The Hall–Kier alpha value is -2.04. The van der Waals surface area contributed by atoms with Crippen LogP contribution < -0.4 is 0 Å². The quantitative estimate of drug-likeness (QED) is 0.860. The number of piperidine rings is 1. The van der Waals surface area contributed by atoms with Gasteiger partial charge >= 0.3 is 6.09 Å². The Balaban J connectivity index is 1.99. The third-order valence-corrected chi connectivity index (χ3v) is 4.89. The first-order chi connectivity index (χ1) is 10.0. The van der Waals surface area contributed by atoms with Crippen LogP contribution in [0.3, 0.4) is 0 Å². The lowest BCUT2D eigenvalue weighted by Crippen LogP contribution is -2.51. The van der Waals surface area contributed by atoms with E-state index in [2.05, 4.69) is 0 Å². The van der Waals surface area contributed by atoms with E-state index < -0.39 is 11.5 Å². The highest BCUT2D eigenvalue weighted by Crippen LogP contribution is 2.48. The molecule has 21 heavy (non-hydrogen) atoms. The van der Waals surface area contributed by atoms with E-state index >= 15 is 0 Å². The number of carbonyl (C=O) groups is 2. The molecule has 2 saturated heterocycles. The van der Waals surface area contributed by atoms with Gasteiger partial charge in [-0.05, 0) is 18.4 Å². The fourth-order valence-corrected chi connectivity index (χ4v) is 3.88. The highest BCUT2D eigenvalue weighted by Gasteiger charge is 2.55. The average molecular weight is 288 g/mol. The van der Waals surface area contributed by atoms with E-state index in [0.717, 1.165) is 18.4 Å². The number of likely N-dealkylation sites (tertiary alicyclic amines) is 2. The fourth-order valence-electron chi connectivity index (χ4n) is 3.88. The van der Waals surface area contributed by atoms with Crippen molar-refractivity contribution < 1.29 is 14.7 Å². The number of nitrogens with zero attached hydrogens (tertiary/aromatic N) is 2. The third-order valence-electron chi connectivity index (χ3n) is 4.89. The van der Waals surface area contributed by atoms with Crippen molar-refractivity contribution in [2.45, 2.75) is 18.8 Å². The molecule has 2 aliphatic heterocycles. The molecule has 0 radical (unpaired) electrons.